The molecule has 0 saturated heterocycles. The summed E-state index contributed by atoms with van der Waals surface area (Å²) in [7, 11) is -3.64. The summed E-state index contributed by atoms with van der Waals surface area (Å²) in [5.74, 6) is 5.19. The topological polar surface area (TPSA) is 66.4 Å². The lowest BCUT2D eigenvalue weighted by Crippen LogP contribution is -2.42. The maximum absolute atomic E-state index is 12.5. The first-order chi connectivity index (χ1) is 9.22. The fourth-order valence-electron chi connectivity index (χ4n) is 1.60. The Morgan fingerprint density at radius 1 is 1.35 bits per heavy atom. The van der Waals surface area contributed by atoms with Crippen LogP contribution in [0.3, 0.4) is 0 Å². The first-order valence-corrected chi connectivity index (χ1v) is 7.94. The van der Waals surface area contributed by atoms with Crippen molar-refractivity contribution >= 4 is 10.0 Å². The molecule has 0 amide bonds. The molecule has 0 saturated carbocycles. The van der Waals surface area contributed by atoms with Crippen LogP contribution in [-0.4, -0.2) is 25.7 Å². The Kier molecular flexibility index (Phi) is 5.35. The number of benzene rings is 1. The highest BCUT2D eigenvalue weighted by molar-refractivity contribution is 7.89. The zero-order valence-corrected chi connectivity index (χ0v) is 13.1. The molecule has 5 heteroatoms. The zero-order chi connectivity index (χ0) is 15.4. The zero-order valence-electron chi connectivity index (χ0n) is 12.3. The van der Waals surface area contributed by atoms with E-state index in [1.807, 2.05) is 27.7 Å². The molecule has 0 aliphatic heterocycles. The molecule has 0 aromatic heterocycles. The molecule has 1 aromatic carbocycles. The highest BCUT2D eigenvalue weighted by atomic mass is 32.2. The lowest BCUT2D eigenvalue weighted by atomic mass is 10.0. The van der Waals surface area contributed by atoms with Gasteiger partial charge in [-0.2, -0.15) is 0 Å². The van der Waals surface area contributed by atoms with E-state index in [4.69, 9.17) is 5.11 Å². The van der Waals surface area contributed by atoms with Gasteiger partial charge < -0.3 is 5.11 Å². The Balaban J connectivity index is 3.31. The van der Waals surface area contributed by atoms with Gasteiger partial charge >= 0.3 is 0 Å². The first kappa shape index (κ1) is 16.7. The van der Waals surface area contributed by atoms with Crippen molar-refractivity contribution in [3.8, 4) is 11.8 Å². The van der Waals surface area contributed by atoms with Gasteiger partial charge in [0.05, 0.1) is 4.90 Å². The Morgan fingerprint density at radius 3 is 2.55 bits per heavy atom. The summed E-state index contributed by atoms with van der Waals surface area (Å²) in [5.41, 5.74) is 0.796. The summed E-state index contributed by atoms with van der Waals surface area (Å²) in [5, 5.41) is 8.78. The predicted octanol–water partition coefficient (Wildman–Crippen LogP) is 1.81. The molecule has 1 rings (SSSR count). The number of rotatable bonds is 4. The van der Waals surface area contributed by atoms with E-state index >= 15 is 0 Å². The van der Waals surface area contributed by atoms with Gasteiger partial charge in [-0.1, -0.05) is 24.8 Å². The molecule has 2 N–H and O–H groups in total. The second kappa shape index (κ2) is 6.40. The van der Waals surface area contributed by atoms with Crippen LogP contribution in [0.15, 0.2) is 23.1 Å². The van der Waals surface area contributed by atoms with E-state index in [1.54, 1.807) is 18.2 Å². The number of hydrogen-bond donors (Lipinski definition) is 2. The van der Waals surface area contributed by atoms with E-state index in [1.165, 1.54) is 0 Å². The van der Waals surface area contributed by atoms with Crippen LogP contribution in [-0.2, 0) is 10.0 Å². The number of aryl methyl sites for hydroxylation is 1. The van der Waals surface area contributed by atoms with E-state index in [0.717, 1.165) is 5.56 Å². The van der Waals surface area contributed by atoms with Gasteiger partial charge in [-0.15, -0.1) is 0 Å². The van der Waals surface area contributed by atoms with Gasteiger partial charge in [-0.3, -0.25) is 0 Å². The molecule has 0 spiro atoms. The quantitative estimate of drug-likeness (QED) is 0.833. The van der Waals surface area contributed by atoms with Gasteiger partial charge in [0.15, 0.2) is 0 Å². The maximum atomic E-state index is 12.5. The Hall–Kier alpha value is -1.35. The van der Waals surface area contributed by atoms with Crippen LogP contribution in [0.2, 0.25) is 0 Å². The lowest BCUT2D eigenvalue weighted by Gasteiger charge is -2.24. The molecule has 0 radical (unpaired) electrons. The summed E-state index contributed by atoms with van der Waals surface area (Å²) >= 11 is 0. The monoisotopic (exact) mass is 295 g/mol. The highest BCUT2D eigenvalue weighted by Crippen LogP contribution is 2.20. The third-order valence-corrected chi connectivity index (χ3v) is 4.78. The van der Waals surface area contributed by atoms with Crippen molar-refractivity contribution in [1.29, 1.82) is 0 Å². The number of aliphatic hydroxyl groups excluding tert-OH is 1. The summed E-state index contributed by atoms with van der Waals surface area (Å²) in [6.07, 6.45) is 0.676. The standard InChI is InChI=1S/C15H21NO3S/c1-5-15(3,4)16-20(18,19)14-9-8-12(2)11-13(14)7-6-10-17/h8-9,11,16-17H,5,10H2,1-4H3. The van der Waals surface area contributed by atoms with Gasteiger partial charge in [-0.25, -0.2) is 13.1 Å². The molecule has 20 heavy (non-hydrogen) atoms. The Bertz CT molecular complexity index is 637. The van der Waals surface area contributed by atoms with Crippen molar-refractivity contribution in [2.24, 2.45) is 0 Å². The van der Waals surface area contributed by atoms with Crippen LogP contribution in [0.5, 0.6) is 0 Å². The molecule has 110 valence electrons. The van der Waals surface area contributed by atoms with Crippen molar-refractivity contribution in [2.75, 3.05) is 6.61 Å². The molecule has 0 atom stereocenters. The normalized spacial score (nSPS) is 11.8. The van der Waals surface area contributed by atoms with Crippen molar-refractivity contribution in [3.05, 3.63) is 29.3 Å². The van der Waals surface area contributed by atoms with Crippen molar-refractivity contribution in [1.82, 2.24) is 4.72 Å². The molecule has 0 aliphatic rings. The minimum absolute atomic E-state index is 0.144. The van der Waals surface area contributed by atoms with Crippen molar-refractivity contribution in [2.45, 2.75) is 44.6 Å². The molecule has 0 heterocycles. The van der Waals surface area contributed by atoms with E-state index in [9.17, 15) is 8.42 Å². The molecular weight excluding hydrogens is 274 g/mol. The minimum atomic E-state index is -3.64. The van der Waals surface area contributed by atoms with Gasteiger partial charge in [-0.05, 0) is 44.9 Å². The summed E-state index contributed by atoms with van der Waals surface area (Å²) in [4.78, 5) is 0.144. The molecule has 1 aromatic rings. The van der Waals surface area contributed by atoms with Crippen molar-refractivity contribution < 1.29 is 13.5 Å². The summed E-state index contributed by atoms with van der Waals surface area (Å²) in [6, 6.07) is 4.98. The third-order valence-electron chi connectivity index (χ3n) is 3.02. The molecule has 0 fully saturated rings. The van der Waals surface area contributed by atoms with E-state index in [0.29, 0.717) is 12.0 Å². The van der Waals surface area contributed by atoms with Gasteiger partial charge in [0.2, 0.25) is 10.0 Å². The molecule has 0 unspecified atom stereocenters. The largest absolute Gasteiger partial charge is 0.384 e. The smallest absolute Gasteiger partial charge is 0.242 e. The van der Waals surface area contributed by atoms with Crippen LogP contribution < -0.4 is 4.72 Å². The van der Waals surface area contributed by atoms with Crippen LogP contribution in [0.25, 0.3) is 0 Å². The van der Waals surface area contributed by atoms with Gasteiger partial charge in [0, 0.05) is 11.1 Å². The number of aliphatic hydroxyl groups is 1. The Labute approximate surface area is 121 Å². The second-order valence-electron chi connectivity index (χ2n) is 5.30. The predicted molar refractivity (Wildman–Crippen MR) is 79.8 cm³/mol. The lowest BCUT2D eigenvalue weighted by molar-refractivity contribution is 0.350. The summed E-state index contributed by atoms with van der Waals surface area (Å²) in [6.45, 7) is 7.14. The highest BCUT2D eigenvalue weighted by Gasteiger charge is 2.26. The van der Waals surface area contributed by atoms with E-state index in [2.05, 4.69) is 16.6 Å². The third kappa shape index (κ3) is 4.34. The molecule has 0 aliphatic carbocycles. The minimum Gasteiger partial charge on any atom is -0.384 e. The average molecular weight is 295 g/mol. The number of hydrogen-bond acceptors (Lipinski definition) is 3. The van der Waals surface area contributed by atoms with Crippen LogP contribution in [0.1, 0.15) is 38.3 Å². The molecule has 0 bridgehead atoms. The van der Waals surface area contributed by atoms with Gasteiger partial charge in [0.1, 0.15) is 6.61 Å². The van der Waals surface area contributed by atoms with E-state index in [-0.39, 0.29) is 11.5 Å². The molecule has 4 nitrogen and oxygen atoms in total. The van der Waals surface area contributed by atoms with Crippen LogP contribution >= 0.6 is 0 Å². The number of sulfonamides is 1. The average Bonchev–Trinajstić information content (AvgIpc) is 2.35. The second-order valence-corrected chi connectivity index (χ2v) is 6.95. The van der Waals surface area contributed by atoms with Crippen LogP contribution in [0.4, 0.5) is 0 Å². The maximum Gasteiger partial charge on any atom is 0.242 e. The molecular formula is C15H21NO3S. The van der Waals surface area contributed by atoms with Crippen molar-refractivity contribution in [3.63, 3.8) is 0 Å². The number of nitrogens with one attached hydrogen (secondary N) is 1. The first-order valence-electron chi connectivity index (χ1n) is 6.46. The summed E-state index contributed by atoms with van der Waals surface area (Å²) < 4.78 is 27.6. The fourth-order valence-corrected chi connectivity index (χ4v) is 3.23. The van der Waals surface area contributed by atoms with Crippen LogP contribution in [0, 0.1) is 18.8 Å². The van der Waals surface area contributed by atoms with Gasteiger partial charge in [0.25, 0.3) is 0 Å². The Morgan fingerprint density at radius 2 is 2.00 bits per heavy atom. The fraction of sp³-hybridized carbons (Fsp3) is 0.467. The SMILES string of the molecule is CCC(C)(C)NS(=O)(=O)c1ccc(C)cc1C#CCO. The van der Waals surface area contributed by atoms with E-state index < -0.39 is 15.6 Å².